The summed E-state index contributed by atoms with van der Waals surface area (Å²) in [5.74, 6) is 0.251. The fourth-order valence-corrected chi connectivity index (χ4v) is 1.72. The van der Waals surface area contributed by atoms with E-state index in [0.717, 1.165) is 25.9 Å². The normalized spacial score (nSPS) is 12.4. The second kappa shape index (κ2) is 13.8. The molecule has 1 N–H and O–H groups in total. The van der Waals surface area contributed by atoms with Crippen molar-refractivity contribution in [2.45, 2.75) is 52.9 Å². The summed E-state index contributed by atoms with van der Waals surface area (Å²) < 4.78 is 10.7. The van der Waals surface area contributed by atoms with Crippen LogP contribution in [-0.2, 0) is 14.3 Å². The SMILES string of the molecule is CCCCCC(C)C(=O)NCCOCCOCCC. The predicted octanol–water partition coefficient (Wildman–Crippen LogP) is 2.76. The molecule has 0 aliphatic rings. The number of hydrogen-bond donors (Lipinski definition) is 1. The molecule has 0 aromatic heterocycles. The zero-order valence-corrected chi connectivity index (χ0v) is 12.9. The molecule has 0 aromatic carbocycles. The van der Waals surface area contributed by atoms with Crippen LogP contribution in [0.4, 0.5) is 0 Å². The maximum atomic E-state index is 11.7. The van der Waals surface area contributed by atoms with E-state index in [4.69, 9.17) is 9.47 Å². The van der Waals surface area contributed by atoms with Crippen molar-refractivity contribution in [3.8, 4) is 0 Å². The number of carbonyl (C=O) groups excluding carboxylic acids is 1. The monoisotopic (exact) mass is 273 g/mol. The van der Waals surface area contributed by atoms with Crippen molar-refractivity contribution in [3.05, 3.63) is 0 Å². The fourth-order valence-electron chi connectivity index (χ4n) is 1.72. The summed E-state index contributed by atoms with van der Waals surface area (Å²) in [6, 6.07) is 0. The number of amides is 1. The Morgan fingerprint density at radius 2 is 1.68 bits per heavy atom. The molecule has 0 radical (unpaired) electrons. The maximum Gasteiger partial charge on any atom is 0.222 e. The van der Waals surface area contributed by atoms with Gasteiger partial charge in [0.25, 0.3) is 0 Å². The van der Waals surface area contributed by atoms with E-state index in [9.17, 15) is 4.79 Å². The molecule has 4 heteroatoms. The Kier molecular flexibility index (Phi) is 13.4. The van der Waals surface area contributed by atoms with Gasteiger partial charge in [0.05, 0.1) is 19.8 Å². The Balaban J connectivity index is 3.32. The van der Waals surface area contributed by atoms with Gasteiger partial charge in [0.15, 0.2) is 0 Å². The molecular weight excluding hydrogens is 242 g/mol. The minimum absolute atomic E-state index is 0.111. The third-order valence-electron chi connectivity index (χ3n) is 2.95. The van der Waals surface area contributed by atoms with E-state index in [0.29, 0.717) is 26.4 Å². The molecule has 0 spiro atoms. The molecule has 0 aromatic rings. The molecule has 0 saturated heterocycles. The van der Waals surface area contributed by atoms with Gasteiger partial charge in [-0.15, -0.1) is 0 Å². The summed E-state index contributed by atoms with van der Waals surface area (Å²) in [4.78, 5) is 11.7. The first-order valence-corrected chi connectivity index (χ1v) is 7.65. The molecule has 19 heavy (non-hydrogen) atoms. The number of rotatable bonds is 13. The fraction of sp³-hybridized carbons (Fsp3) is 0.933. The van der Waals surface area contributed by atoms with Crippen molar-refractivity contribution in [3.63, 3.8) is 0 Å². The van der Waals surface area contributed by atoms with Gasteiger partial charge >= 0.3 is 0 Å². The second-order valence-corrected chi connectivity index (χ2v) is 4.91. The summed E-state index contributed by atoms with van der Waals surface area (Å²) in [7, 11) is 0. The lowest BCUT2D eigenvalue weighted by molar-refractivity contribution is -0.125. The van der Waals surface area contributed by atoms with Crippen molar-refractivity contribution >= 4 is 5.91 Å². The molecule has 1 unspecified atom stereocenters. The molecule has 0 fully saturated rings. The van der Waals surface area contributed by atoms with Crippen molar-refractivity contribution in [2.24, 2.45) is 5.92 Å². The van der Waals surface area contributed by atoms with Gasteiger partial charge in [0.1, 0.15) is 0 Å². The Morgan fingerprint density at radius 1 is 1.00 bits per heavy atom. The molecule has 0 heterocycles. The average Bonchev–Trinajstić information content (AvgIpc) is 2.41. The highest BCUT2D eigenvalue weighted by molar-refractivity contribution is 5.78. The lowest BCUT2D eigenvalue weighted by Gasteiger charge is -2.12. The van der Waals surface area contributed by atoms with Gasteiger partial charge in [-0.2, -0.15) is 0 Å². The summed E-state index contributed by atoms with van der Waals surface area (Å²) in [6.07, 6.45) is 5.55. The molecule has 0 rings (SSSR count). The van der Waals surface area contributed by atoms with Crippen LogP contribution in [-0.4, -0.2) is 38.9 Å². The van der Waals surface area contributed by atoms with Gasteiger partial charge in [0.2, 0.25) is 5.91 Å². The first-order valence-electron chi connectivity index (χ1n) is 7.65. The Morgan fingerprint density at radius 3 is 2.32 bits per heavy atom. The minimum Gasteiger partial charge on any atom is -0.379 e. The van der Waals surface area contributed by atoms with Crippen LogP contribution in [0.3, 0.4) is 0 Å². The predicted molar refractivity (Wildman–Crippen MR) is 78.2 cm³/mol. The van der Waals surface area contributed by atoms with Gasteiger partial charge in [-0.3, -0.25) is 4.79 Å². The van der Waals surface area contributed by atoms with Gasteiger partial charge in [-0.25, -0.2) is 0 Å². The molecule has 0 aliphatic carbocycles. The van der Waals surface area contributed by atoms with Gasteiger partial charge in [-0.05, 0) is 12.8 Å². The Bertz CT molecular complexity index is 210. The topological polar surface area (TPSA) is 47.6 Å². The molecule has 0 bridgehead atoms. The number of nitrogens with one attached hydrogen (secondary N) is 1. The van der Waals surface area contributed by atoms with E-state index in [1.807, 2.05) is 6.92 Å². The van der Waals surface area contributed by atoms with Gasteiger partial charge in [-0.1, -0.05) is 40.0 Å². The summed E-state index contributed by atoms with van der Waals surface area (Å²) in [6.45, 7) is 9.41. The lowest BCUT2D eigenvalue weighted by Crippen LogP contribution is -2.32. The van der Waals surface area contributed by atoms with Crippen molar-refractivity contribution < 1.29 is 14.3 Å². The van der Waals surface area contributed by atoms with Crippen molar-refractivity contribution in [1.29, 1.82) is 0 Å². The van der Waals surface area contributed by atoms with E-state index in [2.05, 4.69) is 19.2 Å². The van der Waals surface area contributed by atoms with E-state index < -0.39 is 0 Å². The molecular formula is C15H31NO3. The van der Waals surface area contributed by atoms with Crippen LogP contribution in [0, 0.1) is 5.92 Å². The average molecular weight is 273 g/mol. The lowest BCUT2D eigenvalue weighted by atomic mass is 10.0. The maximum absolute atomic E-state index is 11.7. The van der Waals surface area contributed by atoms with E-state index in [1.165, 1.54) is 12.8 Å². The quantitative estimate of drug-likeness (QED) is 0.525. The molecule has 0 aliphatic heterocycles. The highest BCUT2D eigenvalue weighted by Crippen LogP contribution is 2.08. The summed E-state index contributed by atoms with van der Waals surface area (Å²) in [5, 5.41) is 2.91. The molecule has 1 amide bonds. The van der Waals surface area contributed by atoms with Crippen LogP contribution in [0.5, 0.6) is 0 Å². The molecule has 4 nitrogen and oxygen atoms in total. The largest absolute Gasteiger partial charge is 0.379 e. The number of unbranched alkanes of at least 4 members (excludes halogenated alkanes) is 2. The van der Waals surface area contributed by atoms with Gasteiger partial charge in [0, 0.05) is 19.1 Å². The van der Waals surface area contributed by atoms with Crippen LogP contribution < -0.4 is 5.32 Å². The van der Waals surface area contributed by atoms with E-state index >= 15 is 0 Å². The third kappa shape index (κ3) is 12.2. The summed E-state index contributed by atoms with van der Waals surface area (Å²) in [5.41, 5.74) is 0. The number of ether oxygens (including phenoxy) is 2. The molecule has 114 valence electrons. The number of carbonyl (C=O) groups is 1. The van der Waals surface area contributed by atoms with Gasteiger partial charge < -0.3 is 14.8 Å². The zero-order chi connectivity index (χ0) is 14.3. The van der Waals surface area contributed by atoms with Crippen LogP contribution in [0.1, 0.15) is 52.9 Å². The van der Waals surface area contributed by atoms with E-state index in [1.54, 1.807) is 0 Å². The Hall–Kier alpha value is -0.610. The van der Waals surface area contributed by atoms with Crippen molar-refractivity contribution in [1.82, 2.24) is 5.32 Å². The summed E-state index contributed by atoms with van der Waals surface area (Å²) >= 11 is 0. The van der Waals surface area contributed by atoms with Crippen LogP contribution in [0.25, 0.3) is 0 Å². The number of hydrogen-bond acceptors (Lipinski definition) is 3. The Labute approximate surface area is 118 Å². The molecule has 0 saturated carbocycles. The second-order valence-electron chi connectivity index (χ2n) is 4.91. The van der Waals surface area contributed by atoms with E-state index in [-0.39, 0.29) is 11.8 Å². The highest BCUT2D eigenvalue weighted by atomic mass is 16.5. The van der Waals surface area contributed by atoms with Crippen molar-refractivity contribution in [2.75, 3.05) is 33.0 Å². The smallest absolute Gasteiger partial charge is 0.222 e. The first kappa shape index (κ1) is 18.4. The van der Waals surface area contributed by atoms with Crippen LogP contribution in [0.2, 0.25) is 0 Å². The van der Waals surface area contributed by atoms with Crippen LogP contribution in [0.15, 0.2) is 0 Å². The highest BCUT2D eigenvalue weighted by Gasteiger charge is 2.11. The molecule has 1 atom stereocenters. The standard InChI is InChI=1S/C15H31NO3/c1-4-6-7-8-14(3)15(17)16-9-11-19-13-12-18-10-5-2/h14H,4-13H2,1-3H3,(H,16,17). The van der Waals surface area contributed by atoms with Crippen LogP contribution >= 0.6 is 0 Å². The zero-order valence-electron chi connectivity index (χ0n) is 12.9. The first-order chi connectivity index (χ1) is 9.22. The third-order valence-corrected chi connectivity index (χ3v) is 2.95. The minimum atomic E-state index is 0.111.